The van der Waals surface area contributed by atoms with Crippen LogP contribution in [0.5, 0.6) is 11.5 Å². The number of benzene rings is 2. The van der Waals surface area contributed by atoms with Crippen molar-refractivity contribution in [3.63, 3.8) is 0 Å². The van der Waals surface area contributed by atoms with Gasteiger partial charge in [0.05, 0.1) is 11.4 Å². The molecule has 2 atom stereocenters. The van der Waals surface area contributed by atoms with E-state index in [9.17, 15) is 9.59 Å². The summed E-state index contributed by atoms with van der Waals surface area (Å²) in [7, 11) is -1.15. The van der Waals surface area contributed by atoms with Crippen LogP contribution < -0.4 is 24.7 Å². The van der Waals surface area contributed by atoms with E-state index < -0.39 is 8.07 Å². The first-order chi connectivity index (χ1) is 20.7. The third-order valence-electron chi connectivity index (χ3n) is 7.78. The van der Waals surface area contributed by atoms with Gasteiger partial charge in [-0.3, -0.25) is 9.59 Å². The second kappa shape index (κ2) is 12.8. The summed E-state index contributed by atoms with van der Waals surface area (Å²) < 4.78 is 19.2. The molecule has 0 bridgehead atoms. The average molecular weight is 751 g/mol. The van der Waals surface area contributed by atoms with Crippen molar-refractivity contribution in [2.75, 3.05) is 36.4 Å². The van der Waals surface area contributed by atoms with E-state index in [4.69, 9.17) is 14.2 Å². The number of rotatable bonds is 5. The van der Waals surface area contributed by atoms with Crippen molar-refractivity contribution >= 4 is 74.8 Å². The summed E-state index contributed by atoms with van der Waals surface area (Å²) in [6.07, 6.45) is 0. The third-order valence-corrected chi connectivity index (χ3v) is 11.2. The fraction of sp³-hybridized carbons (Fsp3) is 0.467. The fourth-order valence-electron chi connectivity index (χ4n) is 5.09. The monoisotopic (exact) mass is 748 g/mol. The Kier molecular flexibility index (Phi) is 9.45. The van der Waals surface area contributed by atoms with Gasteiger partial charge in [0.25, 0.3) is 11.8 Å². The molecule has 14 heteroatoms. The number of carbonyl (C=O) groups is 2. The van der Waals surface area contributed by atoms with E-state index in [0.29, 0.717) is 19.8 Å². The van der Waals surface area contributed by atoms with Gasteiger partial charge in [-0.2, -0.15) is 10.2 Å². The van der Waals surface area contributed by atoms with Gasteiger partial charge in [-0.05, 0) is 69.1 Å². The highest BCUT2D eigenvalue weighted by molar-refractivity contribution is 9.10. The molecule has 4 heterocycles. The van der Waals surface area contributed by atoms with Gasteiger partial charge in [0.15, 0.2) is 11.7 Å². The molecule has 2 aromatic rings. The number of hydrogen-bond acceptors (Lipinski definition) is 9. The van der Waals surface area contributed by atoms with Crippen LogP contribution in [0.15, 0.2) is 43.4 Å². The molecule has 2 amide bonds. The SMILES string of the molecule is Cc1cc2c(cc1Br)N1C(=NN(COCC[Si](C)(C)C)C(=O)C1C)CO2.Cc1cc2c(cc1Br)N1C(=NNC(=O)C1C)CO2. The molecule has 44 heavy (non-hydrogen) atoms. The van der Waals surface area contributed by atoms with Gasteiger partial charge >= 0.3 is 0 Å². The predicted octanol–water partition coefficient (Wildman–Crippen LogP) is 5.60. The second-order valence-corrected chi connectivity index (χ2v) is 19.7. The van der Waals surface area contributed by atoms with Crippen LogP contribution in [0.2, 0.25) is 25.7 Å². The maximum absolute atomic E-state index is 12.8. The molecule has 2 aromatic carbocycles. The molecule has 11 nitrogen and oxygen atoms in total. The molecule has 0 saturated heterocycles. The Morgan fingerprint density at radius 3 is 2.02 bits per heavy atom. The highest BCUT2D eigenvalue weighted by atomic mass is 79.9. The zero-order valence-corrected chi connectivity index (χ0v) is 30.2. The molecule has 2 unspecified atom stereocenters. The second-order valence-electron chi connectivity index (χ2n) is 12.4. The molecule has 236 valence electrons. The van der Waals surface area contributed by atoms with Crippen LogP contribution in [-0.2, 0) is 14.3 Å². The Morgan fingerprint density at radius 1 is 0.909 bits per heavy atom. The molecular weight excluding hydrogens is 712 g/mol. The van der Waals surface area contributed by atoms with Crippen LogP contribution in [0, 0.1) is 13.8 Å². The van der Waals surface area contributed by atoms with Crippen molar-refractivity contribution < 1.29 is 23.8 Å². The van der Waals surface area contributed by atoms with Gasteiger partial charge in [0.1, 0.15) is 43.5 Å². The maximum Gasteiger partial charge on any atom is 0.267 e. The molecule has 4 aliphatic rings. The Labute approximate surface area is 275 Å². The van der Waals surface area contributed by atoms with Crippen LogP contribution in [0.4, 0.5) is 11.4 Å². The summed E-state index contributed by atoms with van der Waals surface area (Å²) >= 11 is 7.06. The summed E-state index contributed by atoms with van der Waals surface area (Å²) in [6.45, 7) is 16.3. The normalized spacial score (nSPS) is 20.4. The van der Waals surface area contributed by atoms with Gasteiger partial charge in [-0.15, -0.1) is 0 Å². The molecule has 0 aromatic heterocycles. The van der Waals surface area contributed by atoms with Crippen LogP contribution in [-0.4, -0.2) is 75.2 Å². The maximum atomic E-state index is 12.8. The van der Waals surface area contributed by atoms with E-state index in [1.807, 2.05) is 61.8 Å². The van der Waals surface area contributed by atoms with E-state index in [1.54, 1.807) is 0 Å². The van der Waals surface area contributed by atoms with Gasteiger partial charge in [-0.25, -0.2) is 10.4 Å². The molecule has 1 N–H and O–H groups in total. The summed E-state index contributed by atoms with van der Waals surface area (Å²) in [4.78, 5) is 28.4. The van der Waals surface area contributed by atoms with Crippen LogP contribution in [0.3, 0.4) is 0 Å². The number of anilines is 2. The Morgan fingerprint density at radius 2 is 1.45 bits per heavy atom. The zero-order chi connectivity index (χ0) is 31.9. The van der Waals surface area contributed by atoms with E-state index in [-0.39, 0.29) is 30.6 Å². The number of carbonyl (C=O) groups excluding carboxylic acids is 2. The number of fused-ring (bicyclic) bond motifs is 6. The highest BCUT2D eigenvalue weighted by Gasteiger charge is 2.39. The molecular formula is C30H38Br2N6O5Si. The summed E-state index contributed by atoms with van der Waals surface area (Å²) in [5, 5.41) is 9.96. The smallest absolute Gasteiger partial charge is 0.267 e. The minimum Gasteiger partial charge on any atom is -0.483 e. The van der Waals surface area contributed by atoms with Crippen molar-refractivity contribution in [1.29, 1.82) is 0 Å². The van der Waals surface area contributed by atoms with Crippen molar-refractivity contribution in [3.8, 4) is 11.5 Å². The predicted molar refractivity (Wildman–Crippen MR) is 181 cm³/mol. The van der Waals surface area contributed by atoms with Crippen molar-refractivity contribution in [2.45, 2.75) is 65.5 Å². The summed E-state index contributed by atoms with van der Waals surface area (Å²) in [5.41, 5.74) is 6.44. The van der Waals surface area contributed by atoms with Crippen LogP contribution >= 0.6 is 31.9 Å². The van der Waals surface area contributed by atoms with E-state index in [0.717, 1.165) is 60.7 Å². The van der Waals surface area contributed by atoms with E-state index in [2.05, 4.69) is 67.1 Å². The molecule has 0 aliphatic carbocycles. The quantitative estimate of drug-likeness (QED) is 0.313. The third kappa shape index (κ3) is 6.68. The minimum absolute atomic E-state index is 0.0636. The van der Waals surface area contributed by atoms with Gasteiger partial charge in [0.2, 0.25) is 0 Å². The van der Waals surface area contributed by atoms with Crippen molar-refractivity contribution in [1.82, 2.24) is 10.4 Å². The fourth-order valence-corrected chi connectivity index (χ4v) is 6.51. The standard InChI is InChI=1S/C18H26BrN3O3Si.C12H12BrN3O2/c1-12-8-16-15(9-14(12)19)22-13(2)18(23)21(20-17(22)10-25-16)11-24-6-7-26(3,4)5;1-6-3-10-9(4-8(6)13)16-7(2)12(17)15-14-11(16)5-18-10/h8-9,13H,6-7,10-11H2,1-5H3;3-4,7H,5H2,1-2H3,(H,15,17). The first-order valence-electron chi connectivity index (χ1n) is 14.5. The largest absolute Gasteiger partial charge is 0.483 e. The van der Waals surface area contributed by atoms with Crippen molar-refractivity contribution in [2.24, 2.45) is 10.2 Å². The first-order valence-corrected chi connectivity index (χ1v) is 19.8. The Balaban J connectivity index is 0.000000186. The summed E-state index contributed by atoms with van der Waals surface area (Å²) in [5.74, 6) is 2.86. The molecule has 0 fully saturated rings. The molecule has 0 spiro atoms. The lowest BCUT2D eigenvalue weighted by molar-refractivity contribution is -0.138. The number of hydrazone groups is 2. The van der Waals surface area contributed by atoms with E-state index >= 15 is 0 Å². The highest BCUT2D eigenvalue weighted by Crippen LogP contribution is 2.40. The number of halogens is 2. The number of aryl methyl sites for hydroxylation is 2. The first kappa shape index (κ1) is 32.5. The number of nitrogens with zero attached hydrogens (tertiary/aromatic N) is 5. The lowest BCUT2D eigenvalue weighted by atomic mass is 10.1. The average Bonchev–Trinajstić information content (AvgIpc) is 2.96. The Bertz CT molecular complexity index is 1540. The number of hydrogen-bond donors (Lipinski definition) is 1. The topological polar surface area (TPSA) is 108 Å². The van der Waals surface area contributed by atoms with Gasteiger partial charge in [-0.1, -0.05) is 51.5 Å². The number of ether oxygens (including phenoxy) is 3. The number of amidine groups is 2. The van der Waals surface area contributed by atoms with Gasteiger partial charge in [0, 0.05) is 23.6 Å². The van der Waals surface area contributed by atoms with Gasteiger partial charge < -0.3 is 24.0 Å². The van der Waals surface area contributed by atoms with Crippen LogP contribution in [0.25, 0.3) is 0 Å². The number of nitrogens with one attached hydrogen (secondary N) is 1. The van der Waals surface area contributed by atoms with Crippen molar-refractivity contribution in [3.05, 3.63) is 44.3 Å². The lowest BCUT2D eigenvalue weighted by Crippen LogP contribution is -2.57. The molecule has 6 rings (SSSR count). The molecule has 0 radical (unpaired) electrons. The molecule has 0 saturated carbocycles. The summed E-state index contributed by atoms with van der Waals surface area (Å²) in [6, 6.07) is 8.35. The van der Waals surface area contributed by atoms with E-state index in [1.165, 1.54) is 5.01 Å². The number of amides is 2. The minimum atomic E-state index is -1.15. The lowest BCUT2D eigenvalue weighted by Gasteiger charge is -2.41. The zero-order valence-electron chi connectivity index (χ0n) is 26.0. The Hall–Kier alpha value is -2.94. The molecule has 4 aliphatic heterocycles. The van der Waals surface area contributed by atoms with Crippen LogP contribution in [0.1, 0.15) is 25.0 Å².